The summed E-state index contributed by atoms with van der Waals surface area (Å²) < 4.78 is 33.5. The van der Waals surface area contributed by atoms with Gasteiger partial charge in [-0.15, -0.1) is 0 Å². The van der Waals surface area contributed by atoms with E-state index < -0.39 is 16.1 Å². The first kappa shape index (κ1) is 19.8. The molecule has 1 aliphatic rings. The highest BCUT2D eigenvalue weighted by atomic mass is 32.2. The standard InChI is InChI=1S/C22H25N3O3S/c1-22(2,3)17-11-13-18(14-12-17)29(26,27)25-15-7-10-19(25)21-23-20(24-28-21)16-8-5-4-6-9-16/h4-6,8-9,11-14,19H,7,10,15H2,1-3H3/t19-/m1/s1. The van der Waals surface area contributed by atoms with Gasteiger partial charge in [-0.1, -0.05) is 68.4 Å². The summed E-state index contributed by atoms with van der Waals surface area (Å²) >= 11 is 0. The third-order valence-corrected chi connectivity index (χ3v) is 7.21. The topological polar surface area (TPSA) is 76.3 Å². The molecule has 29 heavy (non-hydrogen) atoms. The molecule has 1 saturated heterocycles. The van der Waals surface area contributed by atoms with E-state index in [4.69, 9.17) is 4.52 Å². The van der Waals surface area contributed by atoms with Crippen LogP contribution in [0.2, 0.25) is 0 Å². The Labute approximate surface area is 171 Å². The summed E-state index contributed by atoms with van der Waals surface area (Å²) in [6.07, 6.45) is 1.42. The Balaban J connectivity index is 1.62. The van der Waals surface area contributed by atoms with Gasteiger partial charge >= 0.3 is 0 Å². The SMILES string of the molecule is CC(C)(C)c1ccc(S(=O)(=O)N2CCC[C@@H]2c2nc(-c3ccccc3)no2)cc1. The van der Waals surface area contributed by atoms with Crippen LogP contribution in [0.1, 0.15) is 51.1 Å². The molecule has 6 nitrogen and oxygen atoms in total. The van der Waals surface area contributed by atoms with Crippen molar-refractivity contribution in [3.63, 3.8) is 0 Å². The van der Waals surface area contributed by atoms with Gasteiger partial charge in [0.05, 0.1) is 4.90 Å². The number of nitrogens with zero attached hydrogens (tertiary/aromatic N) is 3. The van der Waals surface area contributed by atoms with E-state index in [1.54, 1.807) is 12.1 Å². The lowest BCUT2D eigenvalue weighted by molar-refractivity contribution is 0.290. The Hall–Kier alpha value is -2.51. The Kier molecular flexibility index (Phi) is 5.04. The maximum atomic E-state index is 13.3. The molecule has 2 heterocycles. The van der Waals surface area contributed by atoms with Crippen LogP contribution in [0.15, 0.2) is 64.0 Å². The molecule has 1 aromatic heterocycles. The van der Waals surface area contributed by atoms with E-state index in [-0.39, 0.29) is 5.41 Å². The smallest absolute Gasteiger partial charge is 0.245 e. The van der Waals surface area contributed by atoms with Gasteiger partial charge in [-0.2, -0.15) is 9.29 Å². The van der Waals surface area contributed by atoms with E-state index in [1.807, 2.05) is 42.5 Å². The Bertz CT molecular complexity index is 1080. The predicted molar refractivity (Wildman–Crippen MR) is 111 cm³/mol. The normalized spacial score (nSPS) is 18.2. The number of hydrogen-bond donors (Lipinski definition) is 0. The Morgan fingerprint density at radius 3 is 2.38 bits per heavy atom. The van der Waals surface area contributed by atoms with Crippen LogP contribution >= 0.6 is 0 Å². The molecule has 2 aromatic carbocycles. The zero-order valence-electron chi connectivity index (χ0n) is 16.9. The average Bonchev–Trinajstić information content (AvgIpc) is 3.38. The fourth-order valence-electron chi connectivity index (χ4n) is 3.61. The molecule has 4 rings (SSSR count). The molecular formula is C22H25N3O3S. The molecule has 0 spiro atoms. The van der Waals surface area contributed by atoms with Gasteiger partial charge in [0, 0.05) is 12.1 Å². The summed E-state index contributed by atoms with van der Waals surface area (Å²) in [6, 6.07) is 16.2. The lowest BCUT2D eigenvalue weighted by atomic mass is 9.87. The first-order valence-electron chi connectivity index (χ1n) is 9.78. The molecule has 0 aliphatic carbocycles. The summed E-state index contributed by atoms with van der Waals surface area (Å²) in [5.74, 6) is 0.815. The number of benzene rings is 2. The lowest BCUT2D eigenvalue weighted by Gasteiger charge is -2.23. The van der Waals surface area contributed by atoms with Crippen LogP contribution in [0.3, 0.4) is 0 Å². The molecule has 1 aliphatic heterocycles. The molecule has 1 fully saturated rings. The van der Waals surface area contributed by atoms with Gasteiger partial charge < -0.3 is 4.52 Å². The van der Waals surface area contributed by atoms with Gasteiger partial charge in [0.25, 0.3) is 0 Å². The van der Waals surface area contributed by atoms with E-state index in [0.717, 1.165) is 17.5 Å². The van der Waals surface area contributed by atoms with E-state index >= 15 is 0 Å². The second kappa shape index (κ2) is 7.39. The predicted octanol–water partition coefficient (Wildman–Crippen LogP) is 4.56. The molecule has 0 amide bonds. The highest BCUT2D eigenvalue weighted by Crippen LogP contribution is 2.37. The van der Waals surface area contributed by atoms with Gasteiger partial charge in [0.2, 0.25) is 21.7 Å². The van der Waals surface area contributed by atoms with Crippen LogP contribution in [0.25, 0.3) is 11.4 Å². The zero-order valence-corrected chi connectivity index (χ0v) is 17.7. The third-order valence-electron chi connectivity index (χ3n) is 5.29. The summed E-state index contributed by atoms with van der Waals surface area (Å²) in [4.78, 5) is 4.77. The van der Waals surface area contributed by atoms with Crippen LogP contribution in [0, 0.1) is 0 Å². The number of hydrogen-bond acceptors (Lipinski definition) is 5. The van der Waals surface area contributed by atoms with Crippen molar-refractivity contribution >= 4 is 10.0 Å². The van der Waals surface area contributed by atoms with Gasteiger partial charge in [0.1, 0.15) is 6.04 Å². The van der Waals surface area contributed by atoms with E-state index in [2.05, 4.69) is 30.9 Å². The fraction of sp³-hybridized carbons (Fsp3) is 0.364. The van der Waals surface area contributed by atoms with Crippen LogP contribution in [-0.2, 0) is 15.4 Å². The van der Waals surface area contributed by atoms with Crippen LogP contribution < -0.4 is 0 Å². The molecule has 0 radical (unpaired) electrons. The molecule has 152 valence electrons. The van der Waals surface area contributed by atoms with E-state index in [9.17, 15) is 8.42 Å². The minimum absolute atomic E-state index is 0.0317. The van der Waals surface area contributed by atoms with Crippen LogP contribution in [0.4, 0.5) is 0 Å². The maximum Gasteiger partial charge on any atom is 0.245 e. The third kappa shape index (κ3) is 3.84. The van der Waals surface area contributed by atoms with Crippen molar-refractivity contribution in [2.24, 2.45) is 0 Å². The summed E-state index contributed by atoms with van der Waals surface area (Å²) in [5, 5.41) is 4.05. The molecule has 3 aromatic rings. The second-order valence-electron chi connectivity index (χ2n) is 8.37. The molecule has 1 atom stereocenters. The van der Waals surface area contributed by atoms with Crippen molar-refractivity contribution in [3.05, 3.63) is 66.1 Å². The van der Waals surface area contributed by atoms with Crippen molar-refractivity contribution < 1.29 is 12.9 Å². The van der Waals surface area contributed by atoms with Crippen molar-refractivity contribution in [1.29, 1.82) is 0 Å². The fourth-order valence-corrected chi connectivity index (χ4v) is 5.26. The molecule has 7 heteroatoms. The molecular weight excluding hydrogens is 386 g/mol. The minimum Gasteiger partial charge on any atom is -0.337 e. The highest BCUT2D eigenvalue weighted by molar-refractivity contribution is 7.89. The van der Waals surface area contributed by atoms with Crippen LogP contribution in [-0.4, -0.2) is 29.4 Å². The number of rotatable bonds is 4. The van der Waals surface area contributed by atoms with Gasteiger partial charge in [0.15, 0.2) is 0 Å². The lowest BCUT2D eigenvalue weighted by Crippen LogP contribution is -2.31. The molecule has 0 saturated carbocycles. The highest BCUT2D eigenvalue weighted by Gasteiger charge is 2.39. The summed E-state index contributed by atoms with van der Waals surface area (Å²) in [6.45, 7) is 6.75. The van der Waals surface area contributed by atoms with Crippen molar-refractivity contribution in [2.45, 2.75) is 50.0 Å². The number of sulfonamides is 1. The van der Waals surface area contributed by atoms with E-state index in [1.165, 1.54) is 4.31 Å². The van der Waals surface area contributed by atoms with E-state index in [0.29, 0.717) is 29.6 Å². The van der Waals surface area contributed by atoms with Crippen molar-refractivity contribution in [2.75, 3.05) is 6.54 Å². The monoisotopic (exact) mass is 411 g/mol. The van der Waals surface area contributed by atoms with Gasteiger partial charge in [-0.3, -0.25) is 0 Å². The second-order valence-corrected chi connectivity index (χ2v) is 10.3. The van der Waals surface area contributed by atoms with Crippen LogP contribution in [0.5, 0.6) is 0 Å². The van der Waals surface area contributed by atoms with Gasteiger partial charge in [-0.25, -0.2) is 8.42 Å². The van der Waals surface area contributed by atoms with Crippen molar-refractivity contribution in [1.82, 2.24) is 14.4 Å². The van der Waals surface area contributed by atoms with Gasteiger partial charge in [-0.05, 0) is 36.0 Å². The largest absolute Gasteiger partial charge is 0.337 e. The summed E-state index contributed by atoms with van der Waals surface area (Å²) in [7, 11) is -3.65. The quantitative estimate of drug-likeness (QED) is 0.629. The Morgan fingerprint density at radius 1 is 1.03 bits per heavy atom. The zero-order chi connectivity index (χ0) is 20.6. The average molecular weight is 412 g/mol. The first-order chi connectivity index (χ1) is 13.8. The molecule has 0 N–H and O–H groups in total. The minimum atomic E-state index is -3.65. The molecule has 0 unspecified atom stereocenters. The molecule has 0 bridgehead atoms. The number of aromatic nitrogens is 2. The Morgan fingerprint density at radius 2 is 1.72 bits per heavy atom. The van der Waals surface area contributed by atoms with Crippen molar-refractivity contribution in [3.8, 4) is 11.4 Å². The summed E-state index contributed by atoms with van der Waals surface area (Å²) in [5.41, 5.74) is 1.90. The first-order valence-corrected chi connectivity index (χ1v) is 11.2. The maximum absolute atomic E-state index is 13.3.